The Morgan fingerprint density at radius 1 is 1.38 bits per heavy atom. The Hall–Kier alpha value is -1.42. The first-order valence-electron chi connectivity index (χ1n) is 5.20. The summed E-state index contributed by atoms with van der Waals surface area (Å²) in [6, 6.07) is 6.15. The van der Waals surface area contributed by atoms with E-state index in [0.717, 1.165) is 5.56 Å². The highest BCUT2D eigenvalue weighted by molar-refractivity contribution is 5.78. The van der Waals surface area contributed by atoms with E-state index in [2.05, 4.69) is 0 Å². The first-order chi connectivity index (χ1) is 7.54. The maximum Gasteiger partial charge on any atom is 0.226 e. The van der Waals surface area contributed by atoms with E-state index in [1.807, 2.05) is 0 Å². The summed E-state index contributed by atoms with van der Waals surface area (Å²) in [5.41, 5.74) is 6.49. The van der Waals surface area contributed by atoms with Gasteiger partial charge in [-0.15, -0.1) is 0 Å². The van der Waals surface area contributed by atoms with E-state index in [9.17, 15) is 9.18 Å². The van der Waals surface area contributed by atoms with Gasteiger partial charge in [-0.2, -0.15) is 0 Å². The third kappa shape index (κ3) is 3.31. The molecule has 0 aliphatic rings. The molecule has 0 radical (unpaired) electrons. The van der Waals surface area contributed by atoms with Crippen molar-refractivity contribution in [1.29, 1.82) is 0 Å². The standard InChI is InChI=1S/C12H17FN2O/c1-15(2)12(16)10(8-14)7-9-3-5-11(13)6-4-9/h3-6,10H,7-8,14H2,1-2H3/t10-/m1/s1. The molecule has 1 aromatic carbocycles. The van der Waals surface area contributed by atoms with Gasteiger partial charge in [-0.05, 0) is 24.1 Å². The molecule has 16 heavy (non-hydrogen) atoms. The topological polar surface area (TPSA) is 46.3 Å². The Labute approximate surface area is 95.0 Å². The SMILES string of the molecule is CN(C)C(=O)[C@@H](CN)Cc1ccc(F)cc1. The second kappa shape index (κ2) is 5.61. The van der Waals surface area contributed by atoms with Crippen molar-refractivity contribution in [3.63, 3.8) is 0 Å². The van der Waals surface area contributed by atoms with Crippen LogP contribution in [0.1, 0.15) is 5.56 Å². The molecule has 0 heterocycles. The van der Waals surface area contributed by atoms with E-state index in [4.69, 9.17) is 5.73 Å². The number of amides is 1. The average Bonchev–Trinajstić information content (AvgIpc) is 2.27. The van der Waals surface area contributed by atoms with Crippen LogP contribution < -0.4 is 5.73 Å². The van der Waals surface area contributed by atoms with E-state index in [1.165, 1.54) is 17.0 Å². The predicted octanol–water partition coefficient (Wildman–Crippen LogP) is 1.03. The first kappa shape index (κ1) is 12.6. The van der Waals surface area contributed by atoms with E-state index >= 15 is 0 Å². The monoisotopic (exact) mass is 224 g/mol. The molecule has 0 unspecified atom stereocenters. The molecule has 0 saturated heterocycles. The maximum absolute atomic E-state index is 12.7. The number of nitrogens with two attached hydrogens (primary N) is 1. The number of benzene rings is 1. The van der Waals surface area contributed by atoms with Crippen molar-refractivity contribution in [2.24, 2.45) is 11.7 Å². The van der Waals surface area contributed by atoms with Crippen molar-refractivity contribution in [3.8, 4) is 0 Å². The molecule has 0 bridgehead atoms. The van der Waals surface area contributed by atoms with Gasteiger partial charge >= 0.3 is 0 Å². The molecule has 0 aliphatic heterocycles. The van der Waals surface area contributed by atoms with Gasteiger partial charge in [-0.25, -0.2) is 4.39 Å². The molecule has 88 valence electrons. The van der Waals surface area contributed by atoms with E-state index in [-0.39, 0.29) is 17.6 Å². The van der Waals surface area contributed by atoms with Crippen LogP contribution in [0.4, 0.5) is 4.39 Å². The van der Waals surface area contributed by atoms with Gasteiger partial charge < -0.3 is 10.6 Å². The molecule has 4 heteroatoms. The van der Waals surface area contributed by atoms with Gasteiger partial charge in [0.05, 0.1) is 5.92 Å². The van der Waals surface area contributed by atoms with E-state index in [0.29, 0.717) is 13.0 Å². The summed E-state index contributed by atoms with van der Waals surface area (Å²) in [4.78, 5) is 13.2. The summed E-state index contributed by atoms with van der Waals surface area (Å²) >= 11 is 0. The lowest BCUT2D eigenvalue weighted by Gasteiger charge is -2.19. The van der Waals surface area contributed by atoms with Crippen LogP contribution in [0.3, 0.4) is 0 Å². The number of hydrogen-bond donors (Lipinski definition) is 1. The average molecular weight is 224 g/mol. The number of carbonyl (C=O) groups excluding carboxylic acids is 1. The van der Waals surface area contributed by atoms with Crippen LogP contribution >= 0.6 is 0 Å². The smallest absolute Gasteiger partial charge is 0.226 e. The van der Waals surface area contributed by atoms with Gasteiger partial charge in [0.25, 0.3) is 0 Å². The van der Waals surface area contributed by atoms with Gasteiger partial charge in [0.2, 0.25) is 5.91 Å². The fourth-order valence-corrected chi connectivity index (χ4v) is 1.54. The molecule has 2 N–H and O–H groups in total. The summed E-state index contributed by atoms with van der Waals surface area (Å²) in [7, 11) is 3.41. The van der Waals surface area contributed by atoms with Crippen LogP contribution in [0.5, 0.6) is 0 Å². The minimum atomic E-state index is -0.271. The first-order valence-corrected chi connectivity index (χ1v) is 5.20. The maximum atomic E-state index is 12.7. The number of halogens is 1. The highest BCUT2D eigenvalue weighted by Gasteiger charge is 2.18. The molecule has 3 nitrogen and oxygen atoms in total. The molecule has 0 aliphatic carbocycles. The number of carbonyl (C=O) groups is 1. The summed E-state index contributed by atoms with van der Waals surface area (Å²) in [5.74, 6) is -0.501. The summed E-state index contributed by atoms with van der Waals surface area (Å²) in [6.07, 6.45) is 0.549. The van der Waals surface area contributed by atoms with Gasteiger partial charge in [0.1, 0.15) is 5.82 Å². The van der Waals surface area contributed by atoms with Crippen LogP contribution in [0.2, 0.25) is 0 Å². The minimum Gasteiger partial charge on any atom is -0.349 e. The largest absolute Gasteiger partial charge is 0.349 e. The summed E-state index contributed by atoms with van der Waals surface area (Å²) in [6.45, 7) is 0.300. The zero-order valence-corrected chi connectivity index (χ0v) is 9.61. The summed E-state index contributed by atoms with van der Waals surface area (Å²) in [5, 5.41) is 0. The number of nitrogens with zero attached hydrogens (tertiary/aromatic N) is 1. The van der Waals surface area contributed by atoms with Crippen molar-refractivity contribution in [1.82, 2.24) is 4.90 Å². The van der Waals surface area contributed by atoms with E-state index < -0.39 is 0 Å². The molecule has 1 rings (SSSR count). The van der Waals surface area contributed by atoms with Crippen LogP contribution in [-0.4, -0.2) is 31.4 Å². The third-order valence-electron chi connectivity index (χ3n) is 2.47. The highest BCUT2D eigenvalue weighted by Crippen LogP contribution is 2.11. The molecule has 1 aromatic rings. The Morgan fingerprint density at radius 3 is 2.38 bits per heavy atom. The van der Waals surface area contributed by atoms with Crippen molar-refractivity contribution in [3.05, 3.63) is 35.6 Å². The Morgan fingerprint density at radius 2 is 1.94 bits per heavy atom. The zero-order chi connectivity index (χ0) is 12.1. The lowest BCUT2D eigenvalue weighted by atomic mass is 9.98. The third-order valence-corrected chi connectivity index (χ3v) is 2.47. The van der Waals surface area contributed by atoms with Gasteiger partial charge in [0.15, 0.2) is 0 Å². The Balaban J connectivity index is 2.70. The van der Waals surface area contributed by atoms with Crippen LogP contribution in [0.15, 0.2) is 24.3 Å². The number of rotatable bonds is 4. The Bertz CT molecular complexity index is 349. The Kier molecular flexibility index (Phi) is 4.43. The van der Waals surface area contributed by atoms with Crippen molar-refractivity contribution < 1.29 is 9.18 Å². The zero-order valence-electron chi connectivity index (χ0n) is 9.61. The molecular weight excluding hydrogens is 207 g/mol. The predicted molar refractivity (Wildman–Crippen MR) is 61.3 cm³/mol. The van der Waals surface area contributed by atoms with E-state index in [1.54, 1.807) is 26.2 Å². The fraction of sp³-hybridized carbons (Fsp3) is 0.417. The molecule has 0 aromatic heterocycles. The highest BCUT2D eigenvalue weighted by atomic mass is 19.1. The van der Waals surface area contributed by atoms with Gasteiger partial charge in [0, 0.05) is 20.6 Å². The lowest BCUT2D eigenvalue weighted by Crippen LogP contribution is -2.35. The second-order valence-electron chi connectivity index (χ2n) is 4.00. The number of hydrogen-bond acceptors (Lipinski definition) is 2. The normalized spacial score (nSPS) is 12.2. The van der Waals surface area contributed by atoms with Crippen molar-refractivity contribution in [2.45, 2.75) is 6.42 Å². The van der Waals surface area contributed by atoms with Gasteiger partial charge in [-0.1, -0.05) is 12.1 Å². The molecule has 0 saturated carbocycles. The molecule has 1 atom stereocenters. The fourth-order valence-electron chi connectivity index (χ4n) is 1.54. The van der Waals surface area contributed by atoms with Crippen LogP contribution in [0, 0.1) is 11.7 Å². The summed E-state index contributed by atoms with van der Waals surface area (Å²) < 4.78 is 12.7. The van der Waals surface area contributed by atoms with Gasteiger partial charge in [-0.3, -0.25) is 4.79 Å². The molecule has 0 fully saturated rings. The van der Waals surface area contributed by atoms with Crippen LogP contribution in [0.25, 0.3) is 0 Å². The minimum absolute atomic E-state index is 0.00632. The molecule has 1 amide bonds. The lowest BCUT2D eigenvalue weighted by molar-refractivity contribution is -0.132. The molecular formula is C12H17FN2O. The van der Waals surface area contributed by atoms with Crippen molar-refractivity contribution >= 4 is 5.91 Å². The molecule has 0 spiro atoms. The van der Waals surface area contributed by atoms with Crippen LogP contribution in [-0.2, 0) is 11.2 Å². The second-order valence-corrected chi connectivity index (χ2v) is 4.00. The quantitative estimate of drug-likeness (QED) is 0.830. The van der Waals surface area contributed by atoms with Crippen molar-refractivity contribution in [2.75, 3.05) is 20.6 Å².